The molecule has 4 heterocycles. The summed E-state index contributed by atoms with van der Waals surface area (Å²) in [4.78, 5) is 32.8. The van der Waals surface area contributed by atoms with Gasteiger partial charge >= 0.3 is 0 Å². The highest BCUT2D eigenvalue weighted by Crippen LogP contribution is 2.31. The molecule has 0 aromatic carbocycles. The van der Waals surface area contributed by atoms with Crippen molar-refractivity contribution in [1.29, 1.82) is 0 Å². The molecule has 0 unspecified atom stereocenters. The first-order valence-corrected chi connectivity index (χ1v) is 10.0. The Bertz CT molecular complexity index is 1340. The molecule has 3 N–H and O–H groups in total. The van der Waals surface area contributed by atoms with Crippen LogP contribution in [0.25, 0.3) is 22.2 Å². The van der Waals surface area contributed by atoms with Crippen LogP contribution in [0, 0.1) is 11.7 Å². The van der Waals surface area contributed by atoms with E-state index < -0.39 is 11.5 Å². The summed E-state index contributed by atoms with van der Waals surface area (Å²) in [6.45, 7) is 6.02. The Morgan fingerprint density at radius 2 is 2.27 bits per heavy atom. The van der Waals surface area contributed by atoms with Crippen molar-refractivity contribution in [3.8, 4) is 22.2 Å². The predicted octanol–water partition coefficient (Wildman–Crippen LogP) is 3.76. The summed E-state index contributed by atoms with van der Waals surface area (Å²) >= 11 is 6.49. The Morgan fingerprint density at radius 1 is 1.43 bits per heavy atom. The molecule has 152 valence electrons. The smallest absolute Gasteiger partial charge is 0.263 e. The van der Waals surface area contributed by atoms with Crippen LogP contribution in [0.3, 0.4) is 0 Å². The molecule has 11 heteroatoms. The Labute approximate surface area is 179 Å². The van der Waals surface area contributed by atoms with E-state index in [-0.39, 0.29) is 5.56 Å². The topological polar surface area (TPSA) is 122 Å². The lowest BCUT2D eigenvalue weighted by Crippen LogP contribution is -2.23. The van der Waals surface area contributed by atoms with Gasteiger partial charge < -0.3 is 9.40 Å². The lowest BCUT2D eigenvalue weighted by Gasteiger charge is -2.03. The number of aromatic nitrogens is 5. The molecule has 0 radical (unpaired) electrons. The van der Waals surface area contributed by atoms with Gasteiger partial charge in [-0.25, -0.2) is 4.98 Å². The minimum absolute atomic E-state index is 0.0333. The van der Waals surface area contributed by atoms with Crippen LogP contribution in [0.1, 0.15) is 16.1 Å². The molecule has 0 atom stereocenters. The van der Waals surface area contributed by atoms with Gasteiger partial charge in [-0.1, -0.05) is 17.4 Å². The highest BCUT2D eigenvalue weighted by molar-refractivity contribution is 7.71. The van der Waals surface area contributed by atoms with E-state index in [1.54, 1.807) is 28.8 Å². The number of allylic oxidation sites excluding steroid dienone is 1. The van der Waals surface area contributed by atoms with Crippen molar-refractivity contribution in [2.24, 2.45) is 0 Å². The molecule has 0 aliphatic carbocycles. The first-order chi connectivity index (χ1) is 14.5. The maximum absolute atomic E-state index is 12.6. The number of carbonyl (C=O) groups is 1. The van der Waals surface area contributed by atoms with Gasteiger partial charge in [0.2, 0.25) is 0 Å². The van der Waals surface area contributed by atoms with Crippen molar-refractivity contribution in [3.05, 3.63) is 69.6 Å². The summed E-state index contributed by atoms with van der Waals surface area (Å²) in [5.74, 6) is 0.552. The van der Waals surface area contributed by atoms with Gasteiger partial charge in [0.1, 0.15) is 11.3 Å². The number of nitrogens with zero attached hydrogens (tertiary/aromatic N) is 3. The largest absolute Gasteiger partial charge is 0.463 e. The average molecular weight is 441 g/mol. The van der Waals surface area contributed by atoms with Crippen molar-refractivity contribution in [2.45, 2.75) is 13.5 Å². The Kier molecular flexibility index (Phi) is 5.29. The molecule has 0 spiro atoms. The van der Waals surface area contributed by atoms with Gasteiger partial charge in [-0.15, -0.1) is 6.58 Å². The summed E-state index contributed by atoms with van der Waals surface area (Å²) in [5, 5.41) is 10.0. The van der Waals surface area contributed by atoms with Crippen LogP contribution in [0.5, 0.6) is 0 Å². The molecule has 4 aromatic heterocycles. The predicted molar refractivity (Wildman–Crippen MR) is 116 cm³/mol. The summed E-state index contributed by atoms with van der Waals surface area (Å²) in [5.41, 5.74) is 0.603. The number of furan rings is 1. The van der Waals surface area contributed by atoms with Crippen molar-refractivity contribution in [1.82, 2.24) is 24.7 Å². The Balaban J connectivity index is 1.59. The van der Waals surface area contributed by atoms with Gasteiger partial charge in [-0.3, -0.25) is 24.6 Å². The molecule has 0 aliphatic rings. The summed E-state index contributed by atoms with van der Waals surface area (Å²) in [6.07, 6.45) is 3.22. The van der Waals surface area contributed by atoms with Crippen LogP contribution in [-0.2, 0) is 6.54 Å². The third-order valence-corrected chi connectivity index (χ3v) is 5.61. The summed E-state index contributed by atoms with van der Waals surface area (Å²) in [6, 6.07) is 6.49. The lowest BCUT2D eigenvalue weighted by atomic mass is 10.2. The highest BCUT2D eigenvalue weighted by Gasteiger charge is 2.19. The number of amides is 1. The molecule has 0 bridgehead atoms. The number of hydrogen-bond acceptors (Lipinski definition) is 7. The van der Waals surface area contributed by atoms with Crippen molar-refractivity contribution < 1.29 is 9.21 Å². The third-order valence-electron chi connectivity index (χ3n) is 4.23. The van der Waals surface area contributed by atoms with E-state index in [0.29, 0.717) is 39.4 Å². The molecule has 0 saturated carbocycles. The number of thiazole rings is 1. The fourth-order valence-corrected chi connectivity index (χ4v) is 4.01. The Morgan fingerprint density at radius 3 is 2.97 bits per heavy atom. The molecule has 4 aromatic rings. The van der Waals surface area contributed by atoms with Crippen LogP contribution in [-0.4, -0.2) is 30.6 Å². The first-order valence-electron chi connectivity index (χ1n) is 8.80. The quantitative estimate of drug-likeness (QED) is 0.310. The average Bonchev–Trinajstić information content (AvgIpc) is 3.44. The fourth-order valence-electron chi connectivity index (χ4n) is 2.84. The standard InChI is InChI=1S/C19H16N6O3S2/c1-3-8-25-15(23-24-19(25)29)14-10(2)20-18(30-14)22-17(27)11-6-7-12(21-16(11)26)13-5-4-9-28-13/h3-7,9H,1,8H2,2H3,(H,21,26)(H,24,29)(H,20,22,27). The second-order valence-electron chi connectivity index (χ2n) is 6.23. The van der Waals surface area contributed by atoms with Crippen molar-refractivity contribution in [3.63, 3.8) is 0 Å². The molecule has 30 heavy (non-hydrogen) atoms. The summed E-state index contributed by atoms with van der Waals surface area (Å²) < 4.78 is 7.50. The van der Waals surface area contributed by atoms with Gasteiger partial charge in [0, 0.05) is 6.54 Å². The molecular weight excluding hydrogens is 424 g/mol. The van der Waals surface area contributed by atoms with Gasteiger partial charge in [-0.05, 0) is 43.4 Å². The summed E-state index contributed by atoms with van der Waals surface area (Å²) in [7, 11) is 0. The number of nitrogens with one attached hydrogen (secondary N) is 3. The number of aryl methyl sites for hydroxylation is 1. The zero-order valence-corrected chi connectivity index (χ0v) is 17.4. The number of H-pyrrole nitrogens is 2. The zero-order chi connectivity index (χ0) is 21.3. The first kappa shape index (κ1) is 19.7. The number of hydrogen-bond donors (Lipinski definition) is 3. The van der Waals surface area contributed by atoms with Crippen molar-refractivity contribution in [2.75, 3.05) is 5.32 Å². The third kappa shape index (κ3) is 3.67. The minimum Gasteiger partial charge on any atom is -0.463 e. The van der Waals surface area contributed by atoms with Crippen LogP contribution in [0.4, 0.5) is 5.13 Å². The number of aromatic amines is 2. The van der Waals surface area contributed by atoms with E-state index in [9.17, 15) is 9.59 Å². The van der Waals surface area contributed by atoms with Crippen LogP contribution >= 0.6 is 23.6 Å². The highest BCUT2D eigenvalue weighted by atomic mass is 32.1. The van der Waals surface area contributed by atoms with Crippen LogP contribution in [0.15, 0.2) is 52.4 Å². The molecule has 4 rings (SSSR count). The number of carbonyl (C=O) groups excluding carboxylic acids is 1. The second kappa shape index (κ2) is 8.05. The molecule has 9 nitrogen and oxygen atoms in total. The van der Waals surface area contributed by atoms with E-state index in [1.807, 2.05) is 6.92 Å². The fraction of sp³-hybridized carbons (Fsp3) is 0.105. The second-order valence-corrected chi connectivity index (χ2v) is 7.62. The van der Waals surface area contributed by atoms with E-state index in [4.69, 9.17) is 16.6 Å². The lowest BCUT2D eigenvalue weighted by molar-refractivity contribution is 0.102. The zero-order valence-electron chi connectivity index (χ0n) is 15.8. The number of rotatable bonds is 6. The molecular formula is C19H16N6O3S2. The number of pyridine rings is 1. The van der Waals surface area contributed by atoms with Gasteiger partial charge in [-0.2, -0.15) is 5.10 Å². The molecule has 0 fully saturated rings. The number of anilines is 1. The Hall–Kier alpha value is -3.57. The van der Waals surface area contributed by atoms with E-state index in [2.05, 4.69) is 32.1 Å². The van der Waals surface area contributed by atoms with E-state index >= 15 is 0 Å². The molecule has 0 saturated heterocycles. The molecule has 0 aliphatic heterocycles. The van der Waals surface area contributed by atoms with Crippen molar-refractivity contribution >= 4 is 34.6 Å². The van der Waals surface area contributed by atoms with Gasteiger partial charge in [0.15, 0.2) is 15.7 Å². The van der Waals surface area contributed by atoms with Crippen LogP contribution < -0.4 is 10.9 Å². The normalized spacial score (nSPS) is 10.8. The molecule has 1 amide bonds. The van der Waals surface area contributed by atoms with E-state index in [0.717, 1.165) is 4.88 Å². The maximum Gasteiger partial charge on any atom is 0.263 e. The van der Waals surface area contributed by atoms with Gasteiger partial charge in [0.05, 0.1) is 22.5 Å². The minimum atomic E-state index is -0.563. The SMILES string of the molecule is C=CCn1c(-c2sc(NC(=O)c3ccc(-c4ccco4)[nH]c3=O)nc2C)n[nH]c1=S. The maximum atomic E-state index is 12.6. The van der Waals surface area contributed by atoms with Crippen LogP contribution in [0.2, 0.25) is 0 Å². The van der Waals surface area contributed by atoms with E-state index in [1.165, 1.54) is 23.7 Å². The monoisotopic (exact) mass is 440 g/mol. The van der Waals surface area contributed by atoms with Gasteiger partial charge in [0.25, 0.3) is 11.5 Å².